The number of aromatic nitrogens is 3. The maximum Gasteiger partial charge on any atom is 0.256 e. The standard InChI is InChI=1S/C28H27N5O2S/c1-4-26-31-24-14-21(30-18(2)34)13-23(27(24)33(26)16-19-8-7-11-29-15-19)28(35)32(3)17-22-12-20-9-5-6-10-25(20)36-22/h5-15H,4,16-17H2,1-3H3,(H,30,34). The number of nitrogens with one attached hydrogen (secondary N) is 1. The fourth-order valence-electron chi connectivity index (χ4n) is 4.50. The van der Waals surface area contributed by atoms with E-state index in [9.17, 15) is 9.59 Å². The number of amides is 2. The molecular formula is C28H27N5O2S. The van der Waals surface area contributed by atoms with E-state index in [1.807, 2.05) is 50.5 Å². The van der Waals surface area contributed by atoms with E-state index in [1.54, 1.807) is 28.5 Å². The predicted octanol–water partition coefficient (Wildman–Crippen LogP) is 5.49. The van der Waals surface area contributed by atoms with Gasteiger partial charge in [0.25, 0.3) is 5.91 Å². The van der Waals surface area contributed by atoms with E-state index in [0.717, 1.165) is 21.8 Å². The summed E-state index contributed by atoms with van der Waals surface area (Å²) in [5.74, 6) is 0.548. The molecule has 5 aromatic rings. The molecule has 3 heterocycles. The summed E-state index contributed by atoms with van der Waals surface area (Å²) >= 11 is 1.69. The Hall–Kier alpha value is -4.04. The molecule has 8 heteroatoms. The van der Waals surface area contributed by atoms with Gasteiger partial charge in [0.1, 0.15) is 5.82 Å². The van der Waals surface area contributed by atoms with Crippen LogP contribution in [0.3, 0.4) is 0 Å². The number of rotatable bonds is 7. The number of benzene rings is 2. The van der Waals surface area contributed by atoms with Crippen molar-refractivity contribution in [3.8, 4) is 0 Å². The maximum atomic E-state index is 13.9. The summed E-state index contributed by atoms with van der Waals surface area (Å²) in [4.78, 5) is 37.6. The van der Waals surface area contributed by atoms with Crippen LogP contribution in [0.5, 0.6) is 0 Å². The second-order valence-electron chi connectivity index (χ2n) is 8.81. The number of hydrogen-bond donors (Lipinski definition) is 1. The summed E-state index contributed by atoms with van der Waals surface area (Å²) in [6.07, 6.45) is 4.27. The van der Waals surface area contributed by atoms with Gasteiger partial charge < -0.3 is 14.8 Å². The molecule has 0 atom stereocenters. The Labute approximate surface area is 213 Å². The third-order valence-electron chi connectivity index (χ3n) is 6.07. The molecule has 0 bridgehead atoms. The third kappa shape index (κ3) is 4.72. The number of fused-ring (bicyclic) bond motifs is 2. The summed E-state index contributed by atoms with van der Waals surface area (Å²) in [6, 6.07) is 17.9. The van der Waals surface area contributed by atoms with Crippen LogP contribution in [0.4, 0.5) is 5.69 Å². The Kier molecular flexibility index (Phi) is 6.52. The minimum absolute atomic E-state index is 0.125. The monoisotopic (exact) mass is 497 g/mol. The molecule has 0 fully saturated rings. The van der Waals surface area contributed by atoms with Gasteiger partial charge in [-0.25, -0.2) is 4.98 Å². The van der Waals surface area contributed by atoms with E-state index < -0.39 is 0 Å². The molecule has 182 valence electrons. The van der Waals surface area contributed by atoms with Crippen LogP contribution in [-0.2, 0) is 24.3 Å². The lowest BCUT2D eigenvalue weighted by Gasteiger charge is -2.19. The SMILES string of the molecule is CCc1nc2cc(NC(C)=O)cc(C(=O)N(C)Cc3cc4ccccc4s3)c2n1Cc1cccnc1. The number of imidazole rings is 1. The van der Waals surface area contributed by atoms with Gasteiger partial charge in [-0.15, -0.1) is 11.3 Å². The van der Waals surface area contributed by atoms with Crippen molar-refractivity contribution < 1.29 is 9.59 Å². The van der Waals surface area contributed by atoms with E-state index in [2.05, 4.69) is 33.1 Å². The molecule has 0 unspecified atom stereocenters. The zero-order valence-electron chi connectivity index (χ0n) is 20.5. The van der Waals surface area contributed by atoms with Crippen LogP contribution in [0.15, 0.2) is 67.0 Å². The number of aryl methyl sites for hydroxylation is 1. The Morgan fingerprint density at radius 1 is 1.11 bits per heavy atom. The number of hydrogen-bond acceptors (Lipinski definition) is 5. The van der Waals surface area contributed by atoms with Crippen molar-refractivity contribution in [1.82, 2.24) is 19.4 Å². The van der Waals surface area contributed by atoms with Gasteiger partial charge in [-0.1, -0.05) is 31.2 Å². The maximum absolute atomic E-state index is 13.9. The smallest absolute Gasteiger partial charge is 0.256 e. The van der Waals surface area contributed by atoms with Crippen LogP contribution >= 0.6 is 11.3 Å². The average Bonchev–Trinajstić information content (AvgIpc) is 3.43. The van der Waals surface area contributed by atoms with Crippen molar-refractivity contribution in [3.05, 3.63) is 88.8 Å². The average molecular weight is 498 g/mol. The van der Waals surface area contributed by atoms with Gasteiger partial charge in [-0.05, 0) is 41.3 Å². The van der Waals surface area contributed by atoms with Crippen molar-refractivity contribution >= 4 is 50.0 Å². The van der Waals surface area contributed by atoms with E-state index in [1.165, 1.54) is 17.0 Å². The highest BCUT2D eigenvalue weighted by Gasteiger charge is 2.23. The van der Waals surface area contributed by atoms with Crippen molar-refractivity contribution in [2.45, 2.75) is 33.4 Å². The second-order valence-corrected chi connectivity index (χ2v) is 9.98. The number of carbonyl (C=O) groups is 2. The molecular weight excluding hydrogens is 470 g/mol. The van der Waals surface area contributed by atoms with E-state index in [0.29, 0.717) is 36.3 Å². The van der Waals surface area contributed by atoms with Gasteiger partial charge in [0, 0.05) is 48.1 Å². The molecule has 5 rings (SSSR count). The van der Waals surface area contributed by atoms with E-state index in [4.69, 9.17) is 4.98 Å². The number of pyridine rings is 1. The van der Waals surface area contributed by atoms with Gasteiger partial charge in [-0.2, -0.15) is 0 Å². The summed E-state index contributed by atoms with van der Waals surface area (Å²) in [7, 11) is 1.81. The van der Waals surface area contributed by atoms with Crippen molar-refractivity contribution in [2.75, 3.05) is 12.4 Å². The van der Waals surface area contributed by atoms with Crippen molar-refractivity contribution in [2.24, 2.45) is 0 Å². The van der Waals surface area contributed by atoms with Gasteiger partial charge in [0.2, 0.25) is 5.91 Å². The highest BCUT2D eigenvalue weighted by molar-refractivity contribution is 7.19. The molecule has 0 aliphatic heterocycles. The number of anilines is 1. The lowest BCUT2D eigenvalue weighted by molar-refractivity contribution is -0.114. The Morgan fingerprint density at radius 2 is 1.94 bits per heavy atom. The summed E-state index contributed by atoms with van der Waals surface area (Å²) in [6.45, 7) is 4.54. The zero-order chi connectivity index (χ0) is 25.2. The minimum atomic E-state index is -0.197. The minimum Gasteiger partial charge on any atom is -0.336 e. The first-order valence-corrected chi connectivity index (χ1v) is 12.7. The first-order chi connectivity index (χ1) is 17.4. The van der Waals surface area contributed by atoms with Gasteiger partial charge in [-0.3, -0.25) is 14.6 Å². The summed E-state index contributed by atoms with van der Waals surface area (Å²) in [5, 5.41) is 4.00. The van der Waals surface area contributed by atoms with E-state index in [-0.39, 0.29) is 11.8 Å². The van der Waals surface area contributed by atoms with Gasteiger partial charge in [0.15, 0.2) is 0 Å². The highest BCUT2D eigenvalue weighted by Crippen LogP contribution is 2.30. The molecule has 0 spiro atoms. The molecule has 0 aliphatic carbocycles. The molecule has 0 saturated heterocycles. The first kappa shape index (κ1) is 23.7. The highest BCUT2D eigenvalue weighted by atomic mass is 32.1. The molecule has 1 N–H and O–H groups in total. The van der Waals surface area contributed by atoms with Crippen LogP contribution in [0.2, 0.25) is 0 Å². The lowest BCUT2D eigenvalue weighted by Crippen LogP contribution is -2.26. The van der Waals surface area contributed by atoms with Gasteiger partial charge >= 0.3 is 0 Å². The van der Waals surface area contributed by atoms with E-state index >= 15 is 0 Å². The third-order valence-corrected chi connectivity index (χ3v) is 7.17. The molecule has 0 saturated carbocycles. The quantitative estimate of drug-likeness (QED) is 0.323. The molecule has 2 aromatic carbocycles. The van der Waals surface area contributed by atoms with Crippen LogP contribution in [0, 0.1) is 0 Å². The number of thiophene rings is 1. The molecule has 2 amide bonds. The summed E-state index contributed by atoms with van der Waals surface area (Å²) < 4.78 is 3.29. The zero-order valence-corrected chi connectivity index (χ0v) is 21.3. The normalized spacial score (nSPS) is 11.2. The Morgan fingerprint density at radius 3 is 2.67 bits per heavy atom. The Bertz CT molecular complexity index is 1540. The fourth-order valence-corrected chi connectivity index (χ4v) is 5.61. The molecule has 36 heavy (non-hydrogen) atoms. The van der Waals surface area contributed by atoms with Crippen molar-refractivity contribution in [3.63, 3.8) is 0 Å². The first-order valence-electron chi connectivity index (χ1n) is 11.9. The predicted molar refractivity (Wildman–Crippen MR) is 144 cm³/mol. The number of carbonyl (C=O) groups excluding carboxylic acids is 2. The van der Waals surface area contributed by atoms with Crippen LogP contribution < -0.4 is 5.32 Å². The lowest BCUT2D eigenvalue weighted by atomic mass is 10.1. The fraction of sp³-hybridized carbons (Fsp3) is 0.214. The van der Waals surface area contributed by atoms with Crippen LogP contribution in [0.1, 0.15) is 40.5 Å². The second kappa shape index (κ2) is 9.91. The molecule has 0 aliphatic rings. The molecule has 7 nitrogen and oxygen atoms in total. The molecule has 0 radical (unpaired) electrons. The summed E-state index contributed by atoms with van der Waals surface area (Å²) in [5.41, 5.74) is 3.53. The molecule has 3 aromatic heterocycles. The van der Waals surface area contributed by atoms with Crippen LogP contribution in [0.25, 0.3) is 21.1 Å². The topological polar surface area (TPSA) is 80.1 Å². The van der Waals surface area contributed by atoms with Crippen LogP contribution in [-0.4, -0.2) is 38.3 Å². The van der Waals surface area contributed by atoms with Gasteiger partial charge in [0.05, 0.1) is 29.7 Å². The largest absolute Gasteiger partial charge is 0.336 e. The van der Waals surface area contributed by atoms with Crippen molar-refractivity contribution in [1.29, 1.82) is 0 Å². The Balaban J connectivity index is 1.58. The number of nitrogens with zero attached hydrogens (tertiary/aromatic N) is 4.